The first kappa shape index (κ1) is 11.7. The van der Waals surface area contributed by atoms with E-state index in [4.69, 9.17) is 9.26 Å². The predicted octanol–water partition coefficient (Wildman–Crippen LogP) is 1.24. The fourth-order valence-corrected chi connectivity index (χ4v) is 2.73. The Kier molecular flexibility index (Phi) is 3.32. The number of ether oxygens (including phenoxy) is 1. The molecule has 2 fully saturated rings. The molecular formula is C13H18N2O3. The summed E-state index contributed by atoms with van der Waals surface area (Å²) in [6.45, 7) is 2.04. The molecule has 1 aliphatic carbocycles. The molecule has 1 unspecified atom stereocenters. The molecule has 1 saturated carbocycles. The van der Waals surface area contributed by atoms with Gasteiger partial charge in [-0.25, -0.2) is 0 Å². The molecule has 1 amide bonds. The Morgan fingerprint density at radius 2 is 2.39 bits per heavy atom. The van der Waals surface area contributed by atoms with Gasteiger partial charge in [0.1, 0.15) is 6.26 Å². The van der Waals surface area contributed by atoms with Gasteiger partial charge in [0.05, 0.1) is 31.4 Å². The maximum Gasteiger partial charge on any atom is 0.229 e. The molecule has 1 aliphatic heterocycles. The van der Waals surface area contributed by atoms with E-state index in [0.29, 0.717) is 37.8 Å². The second-order valence-electron chi connectivity index (χ2n) is 5.09. The summed E-state index contributed by atoms with van der Waals surface area (Å²) in [6.07, 6.45) is 5.57. The third-order valence-electron chi connectivity index (χ3n) is 4.00. The minimum Gasteiger partial charge on any atom is -0.377 e. The maximum atomic E-state index is 12.3. The highest BCUT2D eigenvalue weighted by atomic mass is 16.5. The van der Waals surface area contributed by atoms with Crippen molar-refractivity contribution in [2.75, 3.05) is 19.8 Å². The first-order valence-corrected chi connectivity index (χ1v) is 6.61. The van der Waals surface area contributed by atoms with Crippen LogP contribution in [0, 0.1) is 5.92 Å². The zero-order valence-corrected chi connectivity index (χ0v) is 10.4. The number of rotatable bonds is 3. The van der Waals surface area contributed by atoms with Gasteiger partial charge in [0.15, 0.2) is 0 Å². The Balaban J connectivity index is 1.65. The van der Waals surface area contributed by atoms with E-state index in [2.05, 4.69) is 5.16 Å². The highest BCUT2D eigenvalue weighted by Gasteiger charge is 2.36. The molecule has 3 rings (SSSR count). The molecule has 1 atom stereocenters. The second kappa shape index (κ2) is 5.10. The molecule has 2 aliphatic rings. The SMILES string of the molecule is O=C(Cc1ccon1)N1CCOCC1C1CCC1. The Bertz CT molecular complexity index is 400. The summed E-state index contributed by atoms with van der Waals surface area (Å²) in [7, 11) is 0. The lowest BCUT2D eigenvalue weighted by Crippen LogP contribution is -2.54. The molecule has 0 bridgehead atoms. The van der Waals surface area contributed by atoms with Crippen LogP contribution in [0.15, 0.2) is 16.9 Å². The standard InChI is InChI=1S/C13H18N2O3/c16-13(8-11-4-6-18-14-11)15-5-7-17-9-12(15)10-2-1-3-10/h4,6,10,12H,1-3,5,7-9H2. The van der Waals surface area contributed by atoms with Gasteiger partial charge in [0.25, 0.3) is 0 Å². The molecule has 0 N–H and O–H groups in total. The van der Waals surface area contributed by atoms with Gasteiger partial charge < -0.3 is 14.2 Å². The zero-order chi connectivity index (χ0) is 12.4. The number of nitrogens with zero attached hydrogens (tertiary/aromatic N) is 2. The minimum atomic E-state index is 0.143. The zero-order valence-electron chi connectivity index (χ0n) is 10.4. The van der Waals surface area contributed by atoms with Gasteiger partial charge in [-0.3, -0.25) is 4.79 Å². The number of carbonyl (C=O) groups is 1. The second-order valence-corrected chi connectivity index (χ2v) is 5.09. The van der Waals surface area contributed by atoms with Gasteiger partial charge in [-0.15, -0.1) is 0 Å². The fraction of sp³-hybridized carbons (Fsp3) is 0.692. The third kappa shape index (κ3) is 2.27. The van der Waals surface area contributed by atoms with Crippen molar-refractivity contribution in [1.82, 2.24) is 10.1 Å². The number of amides is 1. The van der Waals surface area contributed by atoms with Crippen LogP contribution in [0.25, 0.3) is 0 Å². The van der Waals surface area contributed by atoms with E-state index < -0.39 is 0 Å². The van der Waals surface area contributed by atoms with Crippen LogP contribution in [-0.4, -0.2) is 41.8 Å². The number of hydrogen-bond donors (Lipinski definition) is 0. The first-order valence-electron chi connectivity index (χ1n) is 6.61. The number of carbonyl (C=O) groups excluding carboxylic acids is 1. The van der Waals surface area contributed by atoms with Crippen LogP contribution < -0.4 is 0 Å². The van der Waals surface area contributed by atoms with Crippen molar-refractivity contribution in [3.63, 3.8) is 0 Å². The van der Waals surface area contributed by atoms with E-state index in [1.54, 1.807) is 6.07 Å². The molecular weight excluding hydrogens is 232 g/mol. The average Bonchev–Trinajstić information content (AvgIpc) is 2.80. The smallest absolute Gasteiger partial charge is 0.229 e. The summed E-state index contributed by atoms with van der Waals surface area (Å²) >= 11 is 0. The molecule has 5 nitrogen and oxygen atoms in total. The summed E-state index contributed by atoms with van der Waals surface area (Å²) in [6, 6.07) is 2.02. The molecule has 0 spiro atoms. The van der Waals surface area contributed by atoms with Gasteiger partial charge in [0.2, 0.25) is 5.91 Å². The predicted molar refractivity (Wildman–Crippen MR) is 63.9 cm³/mol. The van der Waals surface area contributed by atoms with Crippen molar-refractivity contribution in [2.45, 2.75) is 31.7 Å². The molecule has 2 heterocycles. The van der Waals surface area contributed by atoms with Crippen LogP contribution in [0.2, 0.25) is 0 Å². The van der Waals surface area contributed by atoms with Gasteiger partial charge in [0, 0.05) is 12.6 Å². The lowest BCUT2D eigenvalue weighted by molar-refractivity contribution is -0.143. The summed E-state index contributed by atoms with van der Waals surface area (Å²) in [5.41, 5.74) is 0.707. The van der Waals surface area contributed by atoms with Crippen molar-refractivity contribution in [3.05, 3.63) is 18.0 Å². The topological polar surface area (TPSA) is 55.6 Å². The van der Waals surface area contributed by atoms with Gasteiger partial charge in [-0.05, 0) is 18.8 Å². The number of hydrogen-bond acceptors (Lipinski definition) is 4. The van der Waals surface area contributed by atoms with Crippen molar-refractivity contribution in [1.29, 1.82) is 0 Å². The summed E-state index contributed by atoms with van der Waals surface area (Å²) in [4.78, 5) is 14.3. The van der Waals surface area contributed by atoms with E-state index in [0.717, 1.165) is 0 Å². The Labute approximate surface area is 106 Å². The van der Waals surface area contributed by atoms with E-state index in [-0.39, 0.29) is 11.9 Å². The molecule has 5 heteroatoms. The number of morpholine rings is 1. The van der Waals surface area contributed by atoms with Crippen LogP contribution in [0.1, 0.15) is 25.0 Å². The van der Waals surface area contributed by atoms with Crippen LogP contribution in [-0.2, 0) is 16.0 Å². The van der Waals surface area contributed by atoms with Crippen LogP contribution in [0.5, 0.6) is 0 Å². The molecule has 18 heavy (non-hydrogen) atoms. The molecule has 1 aromatic heterocycles. The van der Waals surface area contributed by atoms with Gasteiger partial charge in [-0.1, -0.05) is 11.6 Å². The highest BCUT2D eigenvalue weighted by molar-refractivity contribution is 5.78. The van der Waals surface area contributed by atoms with Crippen molar-refractivity contribution in [3.8, 4) is 0 Å². The molecule has 0 radical (unpaired) electrons. The Morgan fingerprint density at radius 1 is 1.50 bits per heavy atom. The minimum absolute atomic E-state index is 0.143. The lowest BCUT2D eigenvalue weighted by Gasteiger charge is -2.43. The molecule has 98 valence electrons. The van der Waals surface area contributed by atoms with Crippen LogP contribution in [0.3, 0.4) is 0 Å². The van der Waals surface area contributed by atoms with Crippen molar-refractivity contribution < 1.29 is 14.1 Å². The maximum absolute atomic E-state index is 12.3. The molecule has 0 aromatic carbocycles. The molecule has 1 aromatic rings. The van der Waals surface area contributed by atoms with Gasteiger partial charge >= 0.3 is 0 Å². The fourth-order valence-electron chi connectivity index (χ4n) is 2.73. The first-order chi connectivity index (χ1) is 8.84. The van der Waals surface area contributed by atoms with E-state index in [1.165, 1.54) is 25.5 Å². The van der Waals surface area contributed by atoms with Crippen molar-refractivity contribution >= 4 is 5.91 Å². The lowest BCUT2D eigenvalue weighted by atomic mass is 9.79. The monoisotopic (exact) mass is 250 g/mol. The normalized spacial score (nSPS) is 24.9. The summed E-state index contributed by atoms with van der Waals surface area (Å²) in [5, 5.41) is 3.80. The van der Waals surface area contributed by atoms with Crippen molar-refractivity contribution in [2.24, 2.45) is 5.92 Å². The average molecular weight is 250 g/mol. The van der Waals surface area contributed by atoms with Crippen LogP contribution >= 0.6 is 0 Å². The third-order valence-corrected chi connectivity index (χ3v) is 4.00. The summed E-state index contributed by atoms with van der Waals surface area (Å²) in [5.74, 6) is 0.774. The Hall–Kier alpha value is -1.36. The van der Waals surface area contributed by atoms with E-state index >= 15 is 0 Å². The van der Waals surface area contributed by atoms with Gasteiger partial charge in [-0.2, -0.15) is 0 Å². The number of aromatic nitrogens is 1. The van der Waals surface area contributed by atoms with Crippen LogP contribution in [0.4, 0.5) is 0 Å². The highest BCUT2D eigenvalue weighted by Crippen LogP contribution is 2.33. The van der Waals surface area contributed by atoms with E-state index in [1.807, 2.05) is 4.90 Å². The Morgan fingerprint density at radius 3 is 3.06 bits per heavy atom. The quantitative estimate of drug-likeness (QED) is 0.810. The largest absolute Gasteiger partial charge is 0.377 e. The van der Waals surface area contributed by atoms with E-state index in [9.17, 15) is 4.79 Å². The summed E-state index contributed by atoms with van der Waals surface area (Å²) < 4.78 is 10.3. The molecule has 1 saturated heterocycles.